The van der Waals surface area contributed by atoms with Gasteiger partial charge in [0.15, 0.2) is 0 Å². The van der Waals surface area contributed by atoms with Crippen LogP contribution in [0.5, 0.6) is 0 Å². The number of carbonyl (C=O) groups is 1. The second-order valence-electron chi connectivity index (χ2n) is 5.73. The first kappa shape index (κ1) is 19.4. The zero-order valence-corrected chi connectivity index (χ0v) is 14.3. The van der Waals surface area contributed by atoms with Crippen LogP contribution in [0.3, 0.4) is 0 Å². The largest absolute Gasteiger partial charge is 0.445 e. The van der Waals surface area contributed by atoms with Crippen molar-refractivity contribution >= 4 is 6.09 Å². The Kier molecular flexibility index (Phi) is 7.87. The third-order valence-corrected chi connectivity index (χ3v) is 4.02. The van der Waals surface area contributed by atoms with Gasteiger partial charge < -0.3 is 24.4 Å². The van der Waals surface area contributed by atoms with Crippen LogP contribution in [0.2, 0.25) is 0 Å². The summed E-state index contributed by atoms with van der Waals surface area (Å²) in [5.74, 6) is 0. The van der Waals surface area contributed by atoms with Gasteiger partial charge >= 0.3 is 6.09 Å². The Morgan fingerprint density at radius 3 is 2.84 bits per heavy atom. The zero-order chi connectivity index (χ0) is 18.1. The van der Waals surface area contributed by atoms with Crippen LogP contribution in [0, 0.1) is 0 Å². The Morgan fingerprint density at radius 2 is 2.16 bits per heavy atom. The number of ether oxygens (including phenoxy) is 3. The van der Waals surface area contributed by atoms with Gasteiger partial charge in [-0.2, -0.15) is 0 Å². The summed E-state index contributed by atoms with van der Waals surface area (Å²) in [6.45, 7) is 0.460. The number of methoxy groups -OCH3 is 1. The fourth-order valence-corrected chi connectivity index (χ4v) is 2.86. The normalized spacial score (nSPS) is 21.6. The van der Waals surface area contributed by atoms with Crippen molar-refractivity contribution in [2.75, 3.05) is 27.1 Å². The van der Waals surface area contributed by atoms with Crippen molar-refractivity contribution in [3.63, 3.8) is 0 Å². The molecule has 7 heteroatoms. The predicted molar refractivity (Wildman–Crippen MR) is 90.7 cm³/mol. The van der Waals surface area contributed by atoms with Crippen LogP contribution >= 0.6 is 0 Å². The Balaban J connectivity index is 2.02. The van der Waals surface area contributed by atoms with E-state index >= 15 is 0 Å². The fourth-order valence-electron chi connectivity index (χ4n) is 2.86. The lowest BCUT2D eigenvalue weighted by molar-refractivity contribution is -0.0917. The molecule has 0 radical (unpaired) electrons. The molecule has 1 heterocycles. The maximum atomic E-state index is 12.5. The zero-order valence-electron chi connectivity index (χ0n) is 14.3. The summed E-state index contributed by atoms with van der Waals surface area (Å²) >= 11 is 0. The summed E-state index contributed by atoms with van der Waals surface area (Å²) in [6, 6.07) is 8.79. The minimum atomic E-state index is -0.971. The number of carbonyl (C=O) groups excluding carboxylic acids is 1. The fraction of sp³-hybridized carbons (Fsp3) is 0.500. The number of amides is 1. The lowest BCUT2D eigenvalue weighted by Crippen LogP contribution is -2.47. The molecule has 2 rings (SSSR count). The van der Waals surface area contributed by atoms with Gasteiger partial charge in [-0.25, -0.2) is 4.79 Å². The summed E-state index contributed by atoms with van der Waals surface area (Å²) in [6.07, 6.45) is 1.61. The monoisotopic (exact) mass is 351 g/mol. The molecular formula is C18H25NO6. The Bertz CT molecular complexity index is 550. The number of aliphatic hydroxyl groups is 2. The first-order valence-electron chi connectivity index (χ1n) is 8.20. The van der Waals surface area contributed by atoms with Gasteiger partial charge in [0.05, 0.1) is 24.9 Å². The lowest BCUT2D eigenvalue weighted by Gasteiger charge is -2.30. The van der Waals surface area contributed by atoms with Gasteiger partial charge in [0.2, 0.25) is 0 Å². The van der Waals surface area contributed by atoms with Gasteiger partial charge in [-0.05, 0) is 12.0 Å². The number of hydrogen-bond donors (Lipinski definition) is 2. The highest BCUT2D eigenvalue weighted by Gasteiger charge is 2.42. The van der Waals surface area contributed by atoms with Crippen molar-refractivity contribution in [3.05, 3.63) is 48.0 Å². The maximum absolute atomic E-state index is 12.5. The molecule has 7 nitrogen and oxygen atoms in total. The summed E-state index contributed by atoms with van der Waals surface area (Å²) in [7, 11) is 1.51. The molecule has 25 heavy (non-hydrogen) atoms. The summed E-state index contributed by atoms with van der Waals surface area (Å²) in [5.41, 5.74) is 0.888. The van der Waals surface area contributed by atoms with Crippen LogP contribution in [-0.4, -0.2) is 66.5 Å². The highest BCUT2D eigenvalue weighted by Crippen LogP contribution is 2.25. The lowest BCUT2D eigenvalue weighted by atomic mass is 10.1. The predicted octanol–water partition coefficient (Wildman–Crippen LogP) is 1.30. The summed E-state index contributed by atoms with van der Waals surface area (Å²) < 4.78 is 15.9. The van der Waals surface area contributed by atoms with Gasteiger partial charge in [-0.1, -0.05) is 42.5 Å². The maximum Gasteiger partial charge on any atom is 0.410 e. The molecule has 1 aliphatic heterocycles. The number of likely N-dealkylation sites (tertiary alicyclic amines) is 1. The van der Waals surface area contributed by atoms with Crippen molar-refractivity contribution in [2.45, 2.75) is 31.3 Å². The standard InChI is InChI=1S/C18H25NO6/c1-23-13-25-16-9-10-19(17(16)15(21)8-5-11-20)18(22)24-12-14-6-3-2-4-7-14/h2-8,15-17,20-21H,9-13H2,1H3/b8-5-/t15-,16-,17-/m0/s1. The van der Waals surface area contributed by atoms with Crippen LogP contribution in [0.15, 0.2) is 42.5 Å². The van der Waals surface area contributed by atoms with Crippen molar-refractivity contribution in [1.29, 1.82) is 0 Å². The van der Waals surface area contributed by atoms with Crippen LogP contribution in [-0.2, 0) is 20.8 Å². The molecule has 0 unspecified atom stereocenters. The molecule has 0 spiro atoms. The van der Waals surface area contributed by atoms with Gasteiger partial charge in [0, 0.05) is 13.7 Å². The van der Waals surface area contributed by atoms with Crippen LogP contribution in [0.4, 0.5) is 4.79 Å². The second kappa shape index (κ2) is 10.1. The third-order valence-electron chi connectivity index (χ3n) is 4.02. The number of nitrogens with zero attached hydrogens (tertiary/aromatic N) is 1. The number of hydrogen-bond acceptors (Lipinski definition) is 6. The molecule has 0 aliphatic carbocycles. The van der Waals surface area contributed by atoms with E-state index in [0.717, 1.165) is 5.56 Å². The number of rotatable bonds is 8. The van der Waals surface area contributed by atoms with Crippen molar-refractivity contribution < 1.29 is 29.2 Å². The molecule has 1 saturated heterocycles. The van der Waals surface area contributed by atoms with E-state index in [-0.39, 0.29) is 26.1 Å². The molecule has 138 valence electrons. The van der Waals surface area contributed by atoms with Crippen molar-refractivity contribution in [1.82, 2.24) is 4.90 Å². The van der Waals surface area contributed by atoms with Crippen LogP contribution in [0.25, 0.3) is 0 Å². The molecule has 3 atom stereocenters. The topological polar surface area (TPSA) is 88.5 Å². The van der Waals surface area contributed by atoms with Gasteiger partial charge in [0.25, 0.3) is 0 Å². The molecule has 1 fully saturated rings. The molecule has 0 saturated carbocycles. The van der Waals surface area contributed by atoms with E-state index in [9.17, 15) is 9.90 Å². The van der Waals surface area contributed by atoms with Crippen molar-refractivity contribution in [2.24, 2.45) is 0 Å². The second-order valence-corrected chi connectivity index (χ2v) is 5.73. The highest BCUT2D eigenvalue weighted by molar-refractivity contribution is 5.68. The number of benzene rings is 1. The Labute approximate surface area is 147 Å². The number of aliphatic hydroxyl groups excluding tert-OH is 2. The smallest absolute Gasteiger partial charge is 0.410 e. The van der Waals surface area contributed by atoms with E-state index in [0.29, 0.717) is 13.0 Å². The Morgan fingerprint density at radius 1 is 1.40 bits per heavy atom. The molecule has 1 aromatic carbocycles. The molecule has 2 N–H and O–H groups in total. The van der Waals surface area contributed by atoms with Gasteiger partial charge in [-0.15, -0.1) is 0 Å². The minimum absolute atomic E-state index is 0.0739. The van der Waals surface area contributed by atoms with Gasteiger partial charge in [-0.3, -0.25) is 4.90 Å². The van der Waals surface area contributed by atoms with Crippen molar-refractivity contribution in [3.8, 4) is 0 Å². The van der Waals surface area contributed by atoms with Crippen LogP contribution < -0.4 is 0 Å². The van der Waals surface area contributed by atoms with E-state index in [1.165, 1.54) is 24.2 Å². The summed E-state index contributed by atoms with van der Waals surface area (Å²) in [4.78, 5) is 13.9. The molecular weight excluding hydrogens is 326 g/mol. The minimum Gasteiger partial charge on any atom is -0.445 e. The SMILES string of the molecule is COCO[C@H]1CCN(C(=O)OCc2ccccc2)[C@H]1[C@@H](O)/C=C\CO. The molecule has 1 aromatic rings. The molecule has 1 amide bonds. The molecule has 0 aromatic heterocycles. The van der Waals surface area contributed by atoms with Gasteiger partial charge in [0.1, 0.15) is 13.4 Å². The van der Waals surface area contributed by atoms with E-state index < -0.39 is 18.2 Å². The third kappa shape index (κ3) is 5.54. The molecule has 0 bridgehead atoms. The molecule has 1 aliphatic rings. The van der Waals surface area contributed by atoms with E-state index in [2.05, 4.69) is 0 Å². The highest BCUT2D eigenvalue weighted by atomic mass is 16.7. The quantitative estimate of drug-likeness (QED) is 0.542. The average Bonchev–Trinajstić information content (AvgIpc) is 3.07. The average molecular weight is 351 g/mol. The first-order valence-corrected chi connectivity index (χ1v) is 8.20. The van der Waals surface area contributed by atoms with E-state index in [1.54, 1.807) is 0 Å². The van der Waals surface area contributed by atoms with Crippen LogP contribution in [0.1, 0.15) is 12.0 Å². The summed E-state index contributed by atoms with van der Waals surface area (Å²) in [5, 5.41) is 19.3. The Hall–Kier alpha value is -1.93. The first-order chi connectivity index (χ1) is 12.2. The van der Waals surface area contributed by atoms with E-state index in [4.69, 9.17) is 19.3 Å². The van der Waals surface area contributed by atoms with E-state index in [1.807, 2.05) is 30.3 Å².